The molecule has 0 unspecified atom stereocenters. The van der Waals surface area contributed by atoms with Gasteiger partial charge >= 0.3 is 0 Å². The van der Waals surface area contributed by atoms with E-state index in [0.29, 0.717) is 33.0 Å². The second-order valence-corrected chi connectivity index (χ2v) is 8.10. The molecule has 2 heterocycles. The van der Waals surface area contributed by atoms with Gasteiger partial charge in [0.25, 0.3) is 5.69 Å². The van der Waals surface area contributed by atoms with Gasteiger partial charge in [-0.1, -0.05) is 12.1 Å². The van der Waals surface area contributed by atoms with Crippen LogP contribution in [0, 0.1) is 28.4 Å². The molecule has 3 N–H and O–H groups in total. The number of H-pyrrole nitrogens is 1. The average molecular weight is 512 g/mol. The number of non-ortho nitro benzene ring substituents is 1. The third-order valence-electron chi connectivity index (χ3n) is 5.22. The number of nitrogens with one attached hydrogen (secondary N) is 1. The first-order valence-electron chi connectivity index (χ1n) is 9.70. The largest absolute Gasteiger partial charge is 0.493 e. The molecule has 0 radical (unpaired) electrons. The molecule has 168 valence electrons. The number of nitriles is 1. The van der Waals surface area contributed by atoms with Gasteiger partial charge in [0.2, 0.25) is 11.8 Å². The summed E-state index contributed by atoms with van der Waals surface area (Å²) in [5, 5.41) is 27.8. The Morgan fingerprint density at radius 3 is 2.88 bits per heavy atom. The number of aromatic nitrogens is 2. The predicted molar refractivity (Wildman–Crippen MR) is 121 cm³/mol. The third-order valence-corrected chi connectivity index (χ3v) is 5.81. The smallest absolute Gasteiger partial charge is 0.269 e. The minimum atomic E-state index is -0.520. The maximum absolute atomic E-state index is 11.0. The van der Waals surface area contributed by atoms with Crippen LogP contribution in [-0.4, -0.2) is 22.2 Å². The molecule has 33 heavy (non-hydrogen) atoms. The summed E-state index contributed by atoms with van der Waals surface area (Å²) in [6.45, 7) is 1.93. The fourth-order valence-corrected chi connectivity index (χ4v) is 4.27. The van der Waals surface area contributed by atoms with Crippen molar-refractivity contribution in [2.75, 3.05) is 7.11 Å². The lowest BCUT2D eigenvalue weighted by Crippen LogP contribution is -2.21. The quantitative estimate of drug-likeness (QED) is 0.369. The maximum Gasteiger partial charge on any atom is 0.269 e. The van der Waals surface area contributed by atoms with E-state index in [0.717, 1.165) is 11.3 Å². The van der Waals surface area contributed by atoms with Crippen LogP contribution in [0.4, 0.5) is 5.69 Å². The number of hydrogen-bond acceptors (Lipinski definition) is 8. The van der Waals surface area contributed by atoms with Crippen LogP contribution in [0.3, 0.4) is 0 Å². The van der Waals surface area contributed by atoms with Gasteiger partial charge in [0.15, 0.2) is 11.5 Å². The Balaban J connectivity index is 1.71. The molecule has 0 aliphatic carbocycles. The fraction of sp³-hybridized carbons (Fsp3) is 0.182. The van der Waals surface area contributed by atoms with E-state index < -0.39 is 10.8 Å². The minimum absolute atomic E-state index is 0.0115. The van der Waals surface area contributed by atoms with Gasteiger partial charge in [-0.05, 0) is 46.1 Å². The number of rotatable bonds is 6. The van der Waals surface area contributed by atoms with Crippen LogP contribution in [0.15, 0.2) is 52.3 Å². The number of fused-ring (bicyclic) bond motifs is 1. The van der Waals surface area contributed by atoms with E-state index >= 15 is 0 Å². The first-order valence-corrected chi connectivity index (χ1v) is 10.5. The van der Waals surface area contributed by atoms with Gasteiger partial charge in [-0.25, -0.2) is 0 Å². The molecule has 1 aromatic heterocycles. The Morgan fingerprint density at radius 2 is 2.18 bits per heavy atom. The topological polar surface area (TPSA) is 149 Å². The highest BCUT2D eigenvalue weighted by Gasteiger charge is 2.35. The van der Waals surface area contributed by atoms with Gasteiger partial charge in [-0.2, -0.15) is 5.26 Å². The van der Waals surface area contributed by atoms with Crippen molar-refractivity contribution < 1.29 is 19.1 Å². The zero-order chi connectivity index (χ0) is 23.7. The number of nitrogens with two attached hydrogens (primary N) is 1. The number of benzene rings is 2. The summed E-state index contributed by atoms with van der Waals surface area (Å²) in [4.78, 5) is 10.6. The Hall–Kier alpha value is -4.04. The van der Waals surface area contributed by atoms with E-state index in [1.54, 1.807) is 18.2 Å². The lowest BCUT2D eigenvalue weighted by Gasteiger charge is -2.25. The highest BCUT2D eigenvalue weighted by molar-refractivity contribution is 9.10. The predicted octanol–water partition coefficient (Wildman–Crippen LogP) is 4.19. The van der Waals surface area contributed by atoms with Crippen molar-refractivity contribution in [3.8, 4) is 23.4 Å². The van der Waals surface area contributed by atoms with Crippen LogP contribution in [0.25, 0.3) is 0 Å². The van der Waals surface area contributed by atoms with E-state index in [2.05, 4.69) is 32.2 Å². The number of ether oxygens (including phenoxy) is 3. The molecule has 0 fully saturated rings. The van der Waals surface area contributed by atoms with Crippen molar-refractivity contribution in [3.05, 3.63) is 84.8 Å². The zero-order valence-electron chi connectivity index (χ0n) is 17.6. The van der Waals surface area contributed by atoms with Crippen LogP contribution in [0.2, 0.25) is 0 Å². The molecule has 0 saturated heterocycles. The molecule has 3 aromatic rings. The molecule has 1 atom stereocenters. The lowest BCUT2D eigenvalue weighted by molar-refractivity contribution is -0.384. The summed E-state index contributed by atoms with van der Waals surface area (Å²) in [6.07, 6.45) is 0. The lowest BCUT2D eigenvalue weighted by atomic mass is 9.84. The standard InChI is InChI=1S/C22H18BrN5O5/c1-11-18-19(15(9-24)21(25)33-22(18)27-26-11)13-7-16(23)20(17(8-13)31-2)32-10-12-4-3-5-14(6-12)28(29)30/h3-8,19H,10,25H2,1-2H3,(H,26,27)/t19-/m0/s1. The molecule has 0 spiro atoms. The van der Waals surface area contributed by atoms with Crippen molar-refractivity contribution in [2.45, 2.75) is 19.4 Å². The van der Waals surface area contributed by atoms with Gasteiger partial charge in [0, 0.05) is 23.4 Å². The van der Waals surface area contributed by atoms with Crippen molar-refractivity contribution in [2.24, 2.45) is 5.73 Å². The fourth-order valence-electron chi connectivity index (χ4n) is 3.69. The van der Waals surface area contributed by atoms with Crippen LogP contribution >= 0.6 is 15.9 Å². The van der Waals surface area contributed by atoms with Crippen LogP contribution in [0.1, 0.15) is 28.3 Å². The van der Waals surface area contributed by atoms with Crippen LogP contribution in [-0.2, 0) is 6.61 Å². The average Bonchev–Trinajstić information content (AvgIpc) is 3.16. The van der Waals surface area contributed by atoms with Crippen molar-refractivity contribution in [1.82, 2.24) is 10.2 Å². The van der Waals surface area contributed by atoms with E-state index in [1.165, 1.54) is 19.2 Å². The number of aryl methyl sites for hydroxylation is 1. The van der Waals surface area contributed by atoms with Crippen LogP contribution < -0.4 is 19.9 Å². The van der Waals surface area contributed by atoms with E-state index in [9.17, 15) is 15.4 Å². The molecule has 0 amide bonds. The van der Waals surface area contributed by atoms with E-state index in [4.69, 9.17) is 19.9 Å². The molecule has 11 heteroatoms. The first-order chi connectivity index (χ1) is 15.8. The molecular formula is C22H18BrN5O5. The molecule has 1 aliphatic heterocycles. The first kappa shape index (κ1) is 22.2. The van der Waals surface area contributed by atoms with E-state index in [-0.39, 0.29) is 23.8 Å². The van der Waals surface area contributed by atoms with Gasteiger partial charge in [0.05, 0.1) is 22.4 Å². The third kappa shape index (κ3) is 4.08. The molecule has 1 aliphatic rings. The summed E-state index contributed by atoms with van der Waals surface area (Å²) in [5.41, 5.74) is 9.03. The Labute approximate surface area is 196 Å². The highest BCUT2D eigenvalue weighted by atomic mass is 79.9. The van der Waals surface area contributed by atoms with Gasteiger partial charge < -0.3 is 19.9 Å². The minimum Gasteiger partial charge on any atom is -0.493 e. The molecule has 10 nitrogen and oxygen atoms in total. The Bertz CT molecular complexity index is 1330. The van der Waals surface area contributed by atoms with Crippen molar-refractivity contribution in [1.29, 1.82) is 5.26 Å². The van der Waals surface area contributed by atoms with Gasteiger partial charge in [-0.15, -0.1) is 5.10 Å². The number of hydrogen-bond donors (Lipinski definition) is 2. The number of aromatic amines is 1. The summed E-state index contributed by atoms with van der Waals surface area (Å²) >= 11 is 3.52. The Kier molecular flexibility index (Phi) is 5.93. The number of nitrogens with zero attached hydrogens (tertiary/aromatic N) is 3. The monoisotopic (exact) mass is 511 g/mol. The number of allylic oxidation sites excluding steroid dienone is 1. The van der Waals surface area contributed by atoms with Crippen LogP contribution in [0.5, 0.6) is 17.4 Å². The second kappa shape index (κ2) is 8.84. The number of methoxy groups -OCH3 is 1. The van der Waals surface area contributed by atoms with Gasteiger partial charge in [-0.3, -0.25) is 15.2 Å². The summed E-state index contributed by atoms with van der Waals surface area (Å²) in [7, 11) is 1.50. The van der Waals surface area contributed by atoms with Gasteiger partial charge in [0.1, 0.15) is 18.2 Å². The molecular weight excluding hydrogens is 494 g/mol. The summed E-state index contributed by atoms with van der Waals surface area (Å²) in [5.74, 6) is 0.612. The number of nitro groups is 1. The maximum atomic E-state index is 11.0. The summed E-state index contributed by atoms with van der Waals surface area (Å²) in [6, 6.07) is 11.9. The van der Waals surface area contributed by atoms with E-state index in [1.807, 2.05) is 13.0 Å². The van der Waals surface area contributed by atoms with Crippen molar-refractivity contribution >= 4 is 21.6 Å². The van der Waals surface area contributed by atoms with Crippen molar-refractivity contribution in [3.63, 3.8) is 0 Å². The zero-order valence-corrected chi connectivity index (χ0v) is 19.2. The number of halogens is 1. The highest BCUT2D eigenvalue weighted by Crippen LogP contribution is 2.46. The molecule has 2 aromatic carbocycles. The Morgan fingerprint density at radius 1 is 1.39 bits per heavy atom. The summed E-state index contributed by atoms with van der Waals surface area (Å²) < 4.78 is 17.6. The molecule has 0 saturated carbocycles. The normalized spacial score (nSPS) is 14.8. The molecule has 0 bridgehead atoms. The number of nitro benzene ring substituents is 1. The second-order valence-electron chi connectivity index (χ2n) is 7.24. The SMILES string of the molecule is COc1cc([C@H]2C(C#N)=C(N)Oc3n[nH]c(C)c32)cc(Br)c1OCc1cccc([N+](=O)[O-])c1. The molecule has 4 rings (SSSR count).